The molecule has 35 heavy (non-hydrogen) atoms. The molecule has 0 heterocycles. The number of aryl methyl sites for hydroxylation is 2. The van der Waals surface area contributed by atoms with Crippen LogP contribution < -0.4 is 10.6 Å². The number of aliphatic hydroxyl groups excluding tert-OH is 1. The lowest BCUT2D eigenvalue weighted by Gasteiger charge is -2.35. The van der Waals surface area contributed by atoms with Gasteiger partial charge in [0.2, 0.25) is 11.8 Å². The lowest BCUT2D eigenvalue weighted by Crippen LogP contribution is -2.54. The van der Waals surface area contributed by atoms with Crippen LogP contribution in [0.3, 0.4) is 0 Å². The first-order valence-corrected chi connectivity index (χ1v) is 12.6. The lowest BCUT2D eigenvalue weighted by atomic mass is 9.95. The van der Waals surface area contributed by atoms with E-state index in [1.165, 1.54) is 4.90 Å². The molecule has 1 aromatic rings. The van der Waals surface area contributed by atoms with Crippen LogP contribution in [0.1, 0.15) is 83.5 Å². The van der Waals surface area contributed by atoms with Crippen LogP contribution in [0.2, 0.25) is 0 Å². The highest BCUT2D eigenvalue weighted by Crippen LogP contribution is 2.27. The Morgan fingerprint density at radius 2 is 1.80 bits per heavy atom. The van der Waals surface area contributed by atoms with E-state index in [-0.39, 0.29) is 25.0 Å². The van der Waals surface area contributed by atoms with Gasteiger partial charge in [0.05, 0.1) is 6.61 Å². The second kappa shape index (κ2) is 14.1. The van der Waals surface area contributed by atoms with Crippen molar-refractivity contribution in [3.05, 3.63) is 34.9 Å². The monoisotopic (exact) mass is 491 g/mol. The summed E-state index contributed by atoms with van der Waals surface area (Å²) < 4.78 is 5.38. The summed E-state index contributed by atoms with van der Waals surface area (Å²) in [5, 5.41) is 15.5. The Hall–Kier alpha value is -2.61. The van der Waals surface area contributed by atoms with Crippen LogP contribution in [0.15, 0.2) is 18.2 Å². The fourth-order valence-corrected chi connectivity index (χ4v) is 3.81. The Morgan fingerprint density at radius 1 is 1.14 bits per heavy atom. The Labute approximate surface area is 210 Å². The molecule has 0 fully saturated rings. The van der Waals surface area contributed by atoms with E-state index >= 15 is 0 Å². The zero-order valence-electron chi connectivity index (χ0n) is 22.7. The van der Waals surface area contributed by atoms with Crippen molar-refractivity contribution in [2.75, 3.05) is 19.7 Å². The molecule has 1 rings (SSSR count). The quantitative estimate of drug-likeness (QED) is 0.383. The predicted octanol–water partition coefficient (Wildman–Crippen LogP) is 4.02. The first kappa shape index (κ1) is 30.4. The number of carbonyl (C=O) groups is 3. The van der Waals surface area contributed by atoms with Gasteiger partial charge >= 0.3 is 6.09 Å². The highest BCUT2D eigenvalue weighted by molar-refractivity contribution is 5.92. The summed E-state index contributed by atoms with van der Waals surface area (Å²) in [7, 11) is 0. The Bertz CT molecular complexity index is 848. The van der Waals surface area contributed by atoms with Crippen LogP contribution in [0.4, 0.5) is 4.79 Å². The molecule has 8 nitrogen and oxygen atoms in total. The van der Waals surface area contributed by atoms with Crippen molar-refractivity contribution in [1.82, 2.24) is 15.5 Å². The molecule has 198 valence electrons. The summed E-state index contributed by atoms with van der Waals surface area (Å²) >= 11 is 0. The molecule has 0 aromatic heterocycles. The molecule has 0 radical (unpaired) electrons. The molecule has 3 amide bonds. The van der Waals surface area contributed by atoms with E-state index in [0.717, 1.165) is 24.0 Å². The number of aliphatic hydroxyl groups is 1. The van der Waals surface area contributed by atoms with Gasteiger partial charge in [0, 0.05) is 13.1 Å². The van der Waals surface area contributed by atoms with Gasteiger partial charge < -0.3 is 25.4 Å². The van der Waals surface area contributed by atoms with E-state index in [2.05, 4.69) is 10.6 Å². The first-order valence-electron chi connectivity index (χ1n) is 12.6. The molecule has 0 aliphatic carbocycles. The van der Waals surface area contributed by atoms with Crippen LogP contribution in [0.5, 0.6) is 0 Å². The van der Waals surface area contributed by atoms with Gasteiger partial charge in [-0.05, 0) is 64.5 Å². The molecule has 0 spiro atoms. The molecule has 0 aliphatic heterocycles. The molecule has 1 aromatic carbocycles. The van der Waals surface area contributed by atoms with Gasteiger partial charge in [-0.25, -0.2) is 4.79 Å². The number of nitrogens with one attached hydrogen (secondary N) is 2. The van der Waals surface area contributed by atoms with Crippen LogP contribution in [0, 0.1) is 19.8 Å². The zero-order chi connectivity index (χ0) is 26.8. The fourth-order valence-electron chi connectivity index (χ4n) is 3.81. The molecule has 2 unspecified atom stereocenters. The van der Waals surface area contributed by atoms with Gasteiger partial charge in [-0.3, -0.25) is 9.59 Å². The largest absolute Gasteiger partial charge is 0.444 e. The van der Waals surface area contributed by atoms with Crippen LogP contribution in [-0.4, -0.2) is 59.3 Å². The maximum Gasteiger partial charge on any atom is 0.408 e. The van der Waals surface area contributed by atoms with Gasteiger partial charge in [0.25, 0.3) is 0 Å². The van der Waals surface area contributed by atoms with Gasteiger partial charge in [-0.1, -0.05) is 51.0 Å². The van der Waals surface area contributed by atoms with Crippen molar-refractivity contribution in [3.8, 4) is 0 Å². The molecular formula is C27H45N3O5. The fraction of sp³-hybridized carbons (Fsp3) is 0.667. The minimum Gasteiger partial charge on any atom is -0.444 e. The number of rotatable bonds is 12. The van der Waals surface area contributed by atoms with Crippen LogP contribution in [0.25, 0.3) is 0 Å². The maximum absolute atomic E-state index is 13.9. The second-order valence-corrected chi connectivity index (χ2v) is 10.5. The number of amides is 3. The minimum absolute atomic E-state index is 0.0529. The topological polar surface area (TPSA) is 108 Å². The third kappa shape index (κ3) is 10.3. The summed E-state index contributed by atoms with van der Waals surface area (Å²) in [6.45, 7) is 15.1. The third-order valence-electron chi connectivity index (χ3n) is 5.44. The number of alkyl carbamates (subject to hydrolysis) is 1. The number of hydrogen-bond acceptors (Lipinski definition) is 5. The van der Waals surface area contributed by atoms with Crippen LogP contribution in [-0.2, 0) is 14.3 Å². The SMILES string of the molecule is CCCCNC(=O)C(c1cc(C)ccc1C)N(CCO)C(=O)C(CC(C)C)NC(=O)OC(C)(C)C. The van der Waals surface area contributed by atoms with Gasteiger partial charge in [0.15, 0.2) is 0 Å². The van der Waals surface area contributed by atoms with Crippen molar-refractivity contribution < 1.29 is 24.2 Å². The van der Waals surface area contributed by atoms with Crippen molar-refractivity contribution in [2.45, 2.75) is 92.3 Å². The number of hydrogen-bond donors (Lipinski definition) is 3. The van der Waals surface area contributed by atoms with Crippen molar-refractivity contribution in [2.24, 2.45) is 5.92 Å². The summed E-state index contributed by atoms with van der Waals surface area (Å²) in [5.41, 5.74) is 1.79. The van der Waals surface area contributed by atoms with Gasteiger partial charge in [-0.15, -0.1) is 0 Å². The normalized spacial score (nSPS) is 13.2. The van der Waals surface area contributed by atoms with Crippen molar-refractivity contribution in [1.29, 1.82) is 0 Å². The number of unbranched alkanes of at least 4 members (excludes halogenated alkanes) is 1. The van der Waals surface area contributed by atoms with E-state index < -0.39 is 29.7 Å². The molecular weight excluding hydrogens is 446 g/mol. The first-order chi connectivity index (χ1) is 16.3. The van der Waals surface area contributed by atoms with E-state index in [4.69, 9.17) is 4.74 Å². The molecule has 8 heteroatoms. The highest BCUT2D eigenvalue weighted by atomic mass is 16.6. The van der Waals surface area contributed by atoms with Crippen molar-refractivity contribution in [3.63, 3.8) is 0 Å². The molecule has 3 N–H and O–H groups in total. The molecule has 0 bridgehead atoms. The summed E-state index contributed by atoms with van der Waals surface area (Å²) in [4.78, 5) is 41.3. The smallest absolute Gasteiger partial charge is 0.408 e. The number of nitrogens with zero attached hydrogens (tertiary/aromatic N) is 1. The molecule has 0 saturated carbocycles. The Kier molecular flexibility index (Phi) is 12.2. The van der Waals surface area contributed by atoms with E-state index in [9.17, 15) is 19.5 Å². The third-order valence-corrected chi connectivity index (χ3v) is 5.44. The minimum atomic E-state index is -0.943. The van der Waals surface area contributed by atoms with E-state index in [0.29, 0.717) is 18.5 Å². The number of ether oxygens (including phenoxy) is 1. The van der Waals surface area contributed by atoms with E-state index in [1.807, 2.05) is 52.8 Å². The number of carbonyl (C=O) groups excluding carboxylic acids is 3. The Morgan fingerprint density at radius 3 is 2.34 bits per heavy atom. The maximum atomic E-state index is 13.9. The molecule has 0 saturated heterocycles. The second-order valence-electron chi connectivity index (χ2n) is 10.5. The Balaban J connectivity index is 3.45. The van der Waals surface area contributed by atoms with Crippen LogP contribution >= 0.6 is 0 Å². The summed E-state index contributed by atoms with van der Waals surface area (Å²) in [6.07, 6.45) is 1.40. The standard InChI is InChI=1S/C27H45N3O5/c1-9-10-13-28-24(32)23(21-17-19(4)11-12-20(21)5)30(14-15-31)25(33)22(16-18(2)3)29-26(34)35-27(6,7)8/h11-12,17-18,22-23,31H,9-10,13-16H2,1-8H3,(H,28,32)(H,29,34). The predicted molar refractivity (Wildman–Crippen MR) is 138 cm³/mol. The van der Waals surface area contributed by atoms with Gasteiger partial charge in [0.1, 0.15) is 17.7 Å². The van der Waals surface area contributed by atoms with Crippen molar-refractivity contribution >= 4 is 17.9 Å². The van der Waals surface area contributed by atoms with Gasteiger partial charge in [-0.2, -0.15) is 0 Å². The summed E-state index contributed by atoms with van der Waals surface area (Å²) in [6, 6.07) is 3.92. The average Bonchev–Trinajstić information content (AvgIpc) is 2.73. The molecule has 2 atom stereocenters. The number of benzene rings is 1. The average molecular weight is 492 g/mol. The highest BCUT2D eigenvalue weighted by Gasteiger charge is 2.36. The molecule has 0 aliphatic rings. The zero-order valence-corrected chi connectivity index (χ0v) is 22.7. The summed E-state index contributed by atoms with van der Waals surface area (Å²) in [5.74, 6) is -0.655. The lowest BCUT2D eigenvalue weighted by molar-refractivity contribution is -0.143. The van der Waals surface area contributed by atoms with E-state index in [1.54, 1.807) is 20.8 Å².